The number of nitrogens with zero attached hydrogens (tertiary/aromatic N) is 2. The smallest absolute Gasteiger partial charge is 0.238 e. The van der Waals surface area contributed by atoms with Gasteiger partial charge in [0.1, 0.15) is 5.69 Å². The van der Waals surface area contributed by atoms with E-state index in [0.29, 0.717) is 12.4 Å². The number of benzene rings is 1. The number of hydrogen-bond donors (Lipinski definition) is 1. The first-order valence-electron chi connectivity index (χ1n) is 6.18. The summed E-state index contributed by atoms with van der Waals surface area (Å²) in [4.78, 5) is 5.40. The zero-order valence-corrected chi connectivity index (χ0v) is 13.6. The van der Waals surface area contributed by atoms with E-state index in [2.05, 4.69) is 49.7 Å². The van der Waals surface area contributed by atoms with Crippen molar-refractivity contribution in [1.29, 1.82) is 0 Å². The topological polar surface area (TPSA) is 38.6 Å². The first kappa shape index (κ1) is 13.5. The van der Waals surface area contributed by atoms with Crippen molar-refractivity contribution in [1.82, 2.24) is 9.38 Å². The lowest BCUT2D eigenvalue weighted by Gasteiger charge is -2.10. The van der Waals surface area contributed by atoms with Gasteiger partial charge in [0, 0.05) is 21.7 Å². The van der Waals surface area contributed by atoms with Gasteiger partial charge in [0.25, 0.3) is 0 Å². The number of ether oxygens (including phenoxy) is 1. The summed E-state index contributed by atoms with van der Waals surface area (Å²) >= 11 is 5.21. The fourth-order valence-corrected chi connectivity index (χ4v) is 3.23. The van der Waals surface area contributed by atoms with E-state index >= 15 is 0 Å². The van der Waals surface area contributed by atoms with Gasteiger partial charge in [0.2, 0.25) is 5.88 Å². The molecule has 104 valence electrons. The van der Waals surface area contributed by atoms with E-state index in [9.17, 15) is 0 Å². The van der Waals surface area contributed by atoms with Crippen LogP contribution >= 0.6 is 27.3 Å². The highest BCUT2D eigenvalue weighted by molar-refractivity contribution is 9.10. The maximum absolute atomic E-state index is 5.35. The molecule has 0 atom stereocenters. The summed E-state index contributed by atoms with van der Waals surface area (Å²) < 4.78 is 8.50. The Hall–Kier alpha value is -1.53. The SMILES string of the molecule is COc1nc2sccn2c1CNc1cccc(C)c1Br. The Labute approximate surface area is 129 Å². The van der Waals surface area contributed by atoms with Crippen molar-refractivity contribution in [2.45, 2.75) is 13.5 Å². The summed E-state index contributed by atoms with van der Waals surface area (Å²) in [6.45, 7) is 2.73. The molecule has 0 saturated carbocycles. The number of aromatic nitrogens is 2. The van der Waals surface area contributed by atoms with Gasteiger partial charge in [-0.3, -0.25) is 4.40 Å². The van der Waals surface area contributed by atoms with Gasteiger partial charge < -0.3 is 10.1 Å². The van der Waals surface area contributed by atoms with E-state index in [4.69, 9.17) is 4.74 Å². The summed E-state index contributed by atoms with van der Waals surface area (Å²) in [5, 5.41) is 5.45. The molecule has 0 unspecified atom stereocenters. The number of methoxy groups -OCH3 is 1. The molecular weight excluding hydrogens is 338 g/mol. The van der Waals surface area contributed by atoms with E-state index in [1.165, 1.54) is 5.56 Å². The Bertz CT molecular complexity index is 750. The molecule has 20 heavy (non-hydrogen) atoms. The van der Waals surface area contributed by atoms with Crippen LogP contribution in [0.3, 0.4) is 0 Å². The van der Waals surface area contributed by atoms with Gasteiger partial charge in [-0.2, -0.15) is 4.98 Å². The van der Waals surface area contributed by atoms with Crippen LogP contribution in [0.4, 0.5) is 5.69 Å². The van der Waals surface area contributed by atoms with Gasteiger partial charge in [-0.05, 0) is 34.5 Å². The second-order valence-electron chi connectivity index (χ2n) is 4.41. The number of imidazole rings is 1. The summed E-state index contributed by atoms with van der Waals surface area (Å²) in [6, 6.07) is 6.16. The molecule has 0 radical (unpaired) electrons. The number of aryl methyl sites for hydroxylation is 1. The van der Waals surface area contributed by atoms with E-state index in [0.717, 1.165) is 20.8 Å². The zero-order valence-electron chi connectivity index (χ0n) is 11.2. The number of thiazole rings is 1. The summed E-state index contributed by atoms with van der Waals surface area (Å²) in [7, 11) is 1.65. The van der Waals surface area contributed by atoms with Crippen molar-refractivity contribution in [3.8, 4) is 5.88 Å². The fraction of sp³-hybridized carbons (Fsp3) is 0.214. The molecule has 0 bridgehead atoms. The molecule has 1 N–H and O–H groups in total. The molecular formula is C14H14BrN3OS. The highest BCUT2D eigenvalue weighted by atomic mass is 79.9. The number of hydrogen-bond acceptors (Lipinski definition) is 4. The monoisotopic (exact) mass is 351 g/mol. The van der Waals surface area contributed by atoms with Crippen molar-refractivity contribution < 1.29 is 4.74 Å². The number of halogens is 1. The van der Waals surface area contributed by atoms with Gasteiger partial charge in [0.15, 0.2) is 4.96 Å². The van der Waals surface area contributed by atoms with Crippen LogP contribution in [-0.4, -0.2) is 16.5 Å². The molecule has 0 saturated heterocycles. The Balaban J connectivity index is 1.89. The Morgan fingerprint density at radius 1 is 1.45 bits per heavy atom. The highest BCUT2D eigenvalue weighted by Crippen LogP contribution is 2.28. The average Bonchev–Trinajstić information content (AvgIpc) is 3.01. The van der Waals surface area contributed by atoms with E-state index < -0.39 is 0 Å². The third-order valence-electron chi connectivity index (χ3n) is 3.16. The molecule has 1 aromatic carbocycles. The minimum Gasteiger partial charge on any atom is -0.480 e. The van der Waals surface area contributed by atoms with Gasteiger partial charge >= 0.3 is 0 Å². The summed E-state index contributed by atoms with van der Waals surface area (Å²) in [5.74, 6) is 0.674. The van der Waals surface area contributed by atoms with Crippen LogP contribution in [0.15, 0.2) is 34.2 Å². The minimum absolute atomic E-state index is 0.656. The zero-order chi connectivity index (χ0) is 14.1. The number of fused-ring (bicyclic) bond motifs is 1. The lowest BCUT2D eigenvalue weighted by atomic mass is 10.2. The van der Waals surface area contributed by atoms with Crippen molar-refractivity contribution in [3.05, 3.63) is 45.5 Å². The van der Waals surface area contributed by atoms with Gasteiger partial charge in [-0.25, -0.2) is 0 Å². The molecule has 3 aromatic rings. The van der Waals surface area contributed by atoms with E-state index in [1.807, 2.05) is 17.6 Å². The molecule has 0 aliphatic heterocycles. The Morgan fingerprint density at radius 2 is 2.30 bits per heavy atom. The van der Waals surface area contributed by atoms with E-state index in [-0.39, 0.29) is 0 Å². The number of anilines is 1. The van der Waals surface area contributed by atoms with E-state index in [1.54, 1.807) is 18.4 Å². The quantitative estimate of drug-likeness (QED) is 0.769. The first-order valence-corrected chi connectivity index (χ1v) is 7.85. The molecule has 6 heteroatoms. The van der Waals surface area contributed by atoms with Crippen LogP contribution in [0.25, 0.3) is 4.96 Å². The molecule has 0 spiro atoms. The van der Waals surface area contributed by atoms with Crippen LogP contribution in [0, 0.1) is 6.92 Å². The van der Waals surface area contributed by atoms with Gasteiger partial charge in [-0.15, -0.1) is 11.3 Å². The molecule has 0 aliphatic carbocycles. The molecule has 0 aliphatic rings. The number of rotatable bonds is 4. The second-order valence-corrected chi connectivity index (χ2v) is 6.08. The normalized spacial score (nSPS) is 10.9. The van der Waals surface area contributed by atoms with Crippen molar-refractivity contribution in [2.24, 2.45) is 0 Å². The summed E-state index contributed by atoms with van der Waals surface area (Å²) in [5.41, 5.74) is 3.30. The van der Waals surface area contributed by atoms with Gasteiger partial charge in [-0.1, -0.05) is 12.1 Å². The lowest BCUT2D eigenvalue weighted by molar-refractivity contribution is 0.395. The number of nitrogens with one attached hydrogen (secondary N) is 1. The molecule has 2 heterocycles. The minimum atomic E-state index is 0.656. The largest absolute Gasteiger partial charge is 0.480 e. The first-order chi connectivity index (χ1) is 9.70. The third kappa shape index (κ3) is 2.29. The standard InChI is InChI=1S/C14H14BrN3OS/c1-9-4-3-5-10(12(9)15)16-8-11-13(19-2)17-14-18(11)6-7-20-14/h3-7,16H,8H2,1-2H3. The van der Waals surface area contributed by atoms with Crippen LogP contribution in [-0.2, 0) is 6.54 Å². The Kier molecular flexibility index (Phi) is 3.67. The predicted octanol–water partition coefficient (Wildman–Crippen LogP) is 4.09. The van der Waals surface area contributed by atoms with Crippen molar-refractivity contribution in [2.75, 3.05) is 12.4 Å². The molecule has 3 rings (SSSR count). The summed E-state index contributed by atoms with van der Waals surface area (Å²) in [6.07, 6.45) is 2.01. The average molecular weight is 352 g/mol. The van der Waals surface area contributed by atoms with Crippen molar-refractivity contribution >= 4 is 37.9 Å². The van der Waals surface area contributed by atoms with Crippen LogP contribution in [0.1, 0.15) is 11.3 Å². The predicted molar refractivity (Wildman–Crippen MR) is 85.8 cm³/mol. The van der Waals surface area contributed by atoms with Crippen LogP contribution < -0.4 is 10.1 Å². The van der Waals surface area contributed by atoms with Crippen LogP contribution in [0.2, 0.25) is 0 Å². The lowest BCUT2D eigenvalue weighted by Crippen LogP contribution is -2.04. The maximum atomic E-state index is 5.35. The maximum Gasteiger partial charge on any atom is 0.238 e. The second kappa shape index (κ2) is 5.46. The molecule has 0 fully saturated rings. The van der Waals surface area contributed by atoms with Gasteiger partial charge in [0.05, 0.1) is 13.7 Å². The molecule has 0 amide bonds. The third-order valence-corrected chi connectivity index (χ3v) is 4.96. The molecule has 4 nitrogen and oxygen atoms in total. The van der Waals surface area contributed by atoms with Crippen LogP contribution in [0.5, 0.6) is 5.88 Å². The molecule has 2 aromatic heterocycles. The van der Waals surface area contributed by atoms with Crippen molar-refractivity contribution in [3.63, 3.8) is 0 Å². The highest BCUT2D eigenvalue weighted by Gasteiger charge is 2.13. The fourth-order valence-electron chi connectivity index (χ4n) is 2.10. The Morgan fingerprint density at radius 3 is 3.10 bits per heavy atom.